The van der Waals surface area contributed by atoms with E-state index in [2.05, 4.69) is 5.32 Å². The lowest BCUT2D eigenvalue weighted by atomic mass is 10.2. The van der Waals surface area contributed by atoms with Crippen LogP contribution in [-0.4, -0.2) is 62.8 Å². The molecule has 1 N–H and O–H groups in total. The molecule has 8 heteroatoms. The summed E-state index contributed by atoms with van der Waals surface area (Å²) in [6.07, 6.45) is 0.632. The molecule has 0 radical (unpaired) electrons. The van der Waals surface area contributed by atoms with Gasteiger partial charge in [0.25, 0.3) is 0 Å². The van der Waals surface area contributed by atoms with E-state index in [-0.39, 0.29) is 23.9 Å². The second kappa shape index (κ2) is 8.04. The summed E-state index contributed by atoms with van der Waals surface area (Å²) in [5, 5.41) is 2.74. The van der Waals surface area contributed by atoms with Crippen LogP contribution in [0.5, 0.6) is 0 Å². The van der Waals surface area contributed by atoms with Gasteiger partial charge in [0.05, 0.1) is 11.4 Å². The third-order valence-corrected chi connectivity index (χ3v) is 5.96. The van der Waals surface area contributed by atoms with E-state index in [0.717, 1.165) is 6.07 Å². The molecule has 0 spiro atoms. The van der Waals surface area contributed by atoms with Crippen LogP contribution in [-0.2, 0) is 14.8 Å². The number of sulfonamides is 1. The summed E-state index contributed by atoms with van der Waals surface area (Å²) in [5.74, 6) is -0.585. The number of benzene rings is 1. The largest absolute Gasteiger partial charge is 0.355 e. The third-order valence-electron chi connectivity index (χ3n) is 4.07. The van der Waals surface area contributed by atoms with Crippen LogP contribution in [0.2, 0.25) is 0 Å². The highest BCUT2D eigenvalue weighted by atomic mass is 32.2. The topological polar surface area (TPSA) is 69.7 Å². The number of hydrogen-bond acceptors (Lipinski definition) is 4. The maximum Gasteiger partial charge on any atom is 0.243 e. The smallest absolute Gasteiger partial charge is 0.243 e. The van der Waals surface area contributed by atoms with Crippen molar-refractivity contribution in [3.63, 3.8) is 0 Å². The van der Waals surface area contributed by atoms with Gasteiger partial charge in [0.15, 0.2) is 0 Å². The minimum absolute atomic E-state index is 0.0252. The van der Waals surface area contributed by atoms with Gasteiger partial charge >= 0.3 is 0 Å². The van der Waals surface area contributed by atoms with E-state index in [0.29, 0.717) is 38.2 Å². The predicted octanol–water partition coefficient (Wildman–Crippen LogP) is 0.967. The highest BCUT2D eigenvalue weighted by Gasteiger charge is 2.27. The first-order chi connectivity index (χ1) is 11.3. The summed E-state index contributed by atoms with van der Waals surface area (Å²) < 4.78 is 40.5. The minimum atomic E-state index is -3.72. The second-order valence-electron chi connectivity index (χ2n) is 5.90. The fraction of sp³-hybridized carbons (Fsp3) is 0.562. The molecule has 134 valence electrons. The van der Waals surface area contributed by atoms with Crippen molar-refractivity contribution >= 4 is 15.9 Å². The Morgan fingerprint density at radius 1 is 1.25 bits per heavy atom. The maximum absolute atomic E-state index is 13.7. The zero-order valence-electron chi connectivity index (χ0n) is 14.1. The van der Waals surface area contributed by atoms with Crippen molar-refractivity contribution in [2.24, 2.45) is 0 Å². The van der Waals surface area contributed by atoms with Crippen molar-refractivity contribution in [1.29, 1.82) is 0 Å². The SMILES string of the molecule is CCNC(=O)CN1CCCN(S(=O)(=O)c2ccc(C)c(F)c2)CC1. The number of nitrogens with one attached hydrogen (secondary N) is 1. The summed E-state index contributed by atoms with van der Waals surface area (Å²) in [4.78, 5) is 13.6. The summed E-state index contributed by atoms with van der Waals surface area (Å²) in [6.45, 7) is 6.08. The Morgan fingerprint density at radius 2 is 2.00 bits per heavy atom. The number of carbonyl (C=O) groups is 1. The molecule has 1 fully saturated rings. The number of hydrogen-bond donors (Lipinski definition) is 1. The standard InChI is InChI=1S/C16H24FN3O3S/c1-3-18-16(21)12-19-7-4-8-20(10-9-19)24(22,23)14-6-5-13(2)15(17)11-14/h5-6,11H,3-4,7-10,12H2,1-2H3,(H,18,21). The van der Waals surface area contributed by atoms with Crippen LogP contribution in [0.3, 0.4) is 0 Å². The van der Waals surface area contributed by atoms with Crippen LogP contribution in [0, 0.1) is 12.7 Å². The van der Waals surface area contributed by atoms with Crippen molar-refractivity contribution in [3.05, 3.63) is 29.6 Å². The van der Waals surface area contributed by atoms with Gasteiger partial charge < -0.3 is 5.32 Å². The Hall–Kier alpha value is -1.51. The number of carbonyl (C=O) groups excluding carboxylic acids is 1. The Morgan fingerprint density at radius 3 is 2.67 bits per heavy atom. The van der Waals surface area contributed by atoms with Gasteiger partial charge in [-0.1, -0.05) is 6.07 Å². The molecule has 1 aliphatic rings. The van der Waals surface area contributed by atoms with E-state index in [1.807, 2.05) is 11.8 Å². The number of halogens is 1. The lowest BCUT2D eigenvalue weighted by molar-refractivity contribution is -0.122. The first kappa shape index (κ1) is 18.8. The summed E-state index contributed by atoms with van der Waals surface area (Å²) in [5.41, 5.74) is 0.415. The van der Waals surface area contributed by atoms with E-state index in [1.54, 1.807) is 6.92 Å². The van der Waals surface area contributed by atoms with Crippen LogP contribution < -0.4 is 5.32 Å². The minimum Gasteiger partial charge on any atom is -0.355 e. The Bertz CT molecular complexity index is 694. The molecule has 0 aliphatic carbocycles. The molecule has 1 saturated heterocycles. The first-order valence-electron chi connectivity index (χ1n) is 8.10. The van der Waals surface area contributed by atoms with Gasteiger partial charge in [-0.3, -0.25) is 9.69 Å². The fourth-order valence-corrected chi connectivity index (χ4v) is 4.17. The van der Waals surface area contributed by atoms with Crippen molar-refractivity contribution in [2.45, 2.75) is 25.2 Å². The van der Waals surface area contributed by atoms with E-state index >= 15 is 0 Å². The molecular weight excluding hydrogens is 333 g/mol. The molecule has 1 aromatic rings. The molecule has 0 atom stereocenters. The number of aryl methyl sites for hydroxylation is 1. The van der Waals surface area contributed by atoms with Crippen molar-refractivity contribution < 1.29 is 17.6 Å². The number of likely N-dealkylation sites (N-methyl/N-ethyl adjacent to an activating group) is 1. The molecule has 1 heterocycles. The van der Waals surface area contributed by atoms with Crippen molar-refractivity contribution in [2.75, 3.05) is 39.3 Å². The summed E-state index contributed by atoms with van der Waals surface area (Å²) >= 11 is 0. The Kier molecular flexibility index (Phi) is 6.31. The summed E-state index contributed by atoms with van der Waals surface area (Å²) in [7, 11) is -3.72. The second-order valence-corrected chi connectivity index (χ2v) is 7.84. The third kappa shape index (κ3) is 4.52. The van der Waals surface area contributed by atoms with Crippen molar-refractivity contribution in [3.8, 4) is 0 Å². The zero-order valence-corrected chi connectivity index (χ0v) is 14.9. The van der Waals surface area contributed by atoms with Gasteiger partial charge in [0.2, 0.25) is 15.9 Å². The lowest BCUT2D eigenvalue weighted by Gasteiger charge is -2.21. The van der Waals surface area contributed by atoms with Crippen LogP contribution in [0.15, 0.2) is 23.1 Å². The molecule has 1 aromatic carbocycles. The van der Waals surface area contributed by atoms with Gasteiger partial charge in [-0.2, -0.15) is 4.31 Å². The van der Waals surface area contributed by atoms with E-state index < -0.39 is 15.8 Å². The molecule has 24 heavy (non-hydrogen) atoms. The van der Waals surface area contributed by atoms with Gasteiger partial charge in [0.1, 0.15) is 5.82 Å². The first-order valence-corrected chi connectivity index (χ1v) is 9.54. The predicted molar refractivity (Wildman–Crippen MR) is 89.6 cm³/mol. The highest BCUT2D eigenvalue weighted by molar-refractivity contribution is 7.89. The van der Waals surface area contributed by atoms with Crippen LogP contribution in [0.1, 0.15) is 18.9 Å². The van der Waals surface area contributed by atoms with Gasteiger partial charge in [-0.15, -0.1) is 0 Å². The lowest BCUT2D eigenvalue weighted by Crippen LogP contribution is -2.40. The molecule has 1 amide bonds. The van der Waals surface area contributed by atoms with Crippen LogP contribution in [0.25, 0.3) is 0 Å². The number of nitrogens with zero attached hydrogens (tertiary/aromatic N) is 2. The normalized spacial score (nSPS) is 17.5. The quantitative estimate of drug-likeness (QED) is 0.852. The molecular formula is C16H24FN3O3S. The monoisotopic (exact) mass is 357 g/mol. The van der Waals surface area contributed by atoms with Crippen LogP contribution in [0.4, 0.5) is 4.39 Å². The maximum atomic E-state index is 13.7. The highest BCUT2D eigenvalue weighted by Crippen LogP contribution is 2.20. The fourth-order valence-electron chi connectivity index (χ4n) is 2.68. The average molecular weight is 357 g/mol. The van der Waals surface area contributed by atoms with Gasteiger partial charge in [-0.05, 0) is 44.5 Å². The molecule has 2 rings (SSSR count). The molecule has 0 aromatic heterocycles. The molecule has 0 saturated carbocycles. The van der Waals surface area contributed by atoms with Gasteiger partial charge in [-0.25, -0.2) is 12.8 Å². The van der Waals surface area contributed by atoms with E-state index in [9.17, 15) is 17.6 Å². The Balaban J connectivity index is 2.06. The molecule has 1 aliphatic heterocycles. The number of rotatable bonds is 5. The molecule has 6 nitrogen and oxygen atoms in total. The zero-order chi connectivity index (χ0) is 17.7. The van der Waals surface area contributed by atoms with E-state index in [4.69, 9.17) is 0 Å². The van der Waals surface area contributed by atoms with E-state index in [1.165, 1.54) is 16.4 Å². The Labute approximate surface area is 142 Å². The van der Waals surface area contributed by atoms with Crippen LogP contribution >= 0.6 is 0 Å². The summed E-state index contributed by atoms with van der Waals surface area (Å²) in [6, 6.07) is 3.98. The average Bonchev–Trinajstić information content (AvgIpc) is 2.76. The molecule has 0 unspecified atom stereocenters. The van der Waals surface area contributed by atoms with Crippen molar-refractivity contribution in [1.82, 2.24) is 14.5 Å². The molecule has 0 bridgehead atoms. The van der Waals surface area contributed by atoms with Gasteiger partial charge in [0, 0.05) is 26.2 Å². The number of amides is 1.